The third-order valence-corrected chi connectivity index (χ3v) is 4.63. The Kier molecular flexibility index (Phi) is 4.20. The van der Waals surface area contributed by atoms with Crippen LogP contribution in [0.5, 0.6) is 0 Å². The van der Waals surface area contributed by atoms with Crippen LogP contribution in [0, 0.1) is 5.82 Å². The Labute approximate surface area is 121 Å². The second-order valence-corrected chi connectivity index (χ2v) is 6.01. The normalized spacial score (nSPS) is 11.3. The maximum Gasteiger partial charge on any atom is 0.267 e. The molecule has 2 rings (SSSR count). The van der Waals surface area contributed by atoms with Gasteiger partial charge in [-0.05, 0) is 30.7 Å². The predicted octanol–water partition coefficient (Wildman–Crippen LogP) is 2.48. The molecule has 0 fully saturated rings. The molecule has 0 saturated heterocycles. The summed E-state index contributed by atoms with van der Waals surface area (Å²) >= 11 is 5.53. The maximum absolute atomic E-state index is 13.8. The van der Waals surface area contributed by atoms with E-state index in [1.807, 2.05) is 0 Å². The van der Waals surface area contributed by atoms with Crippen molar-refractivity contribution in [2.24, 2.45) is 0 Å². The van der Waals surface area contributed by atoms with E-state index in [1.165, 1.54) is 18.2 Å². The van der Waals surface area contributed by atoms with Gasteiger partial charge in [-0.3, -0.25) is 4.31 Å². The van der Waals surface area contributed by atoms with Crippen molar-refractivity contribution in [1.82, 2.24) is 9.97 Å². The van der Waals surface area contributed by atoms with Gasteiger partial charge >= 0.3 is 0 Å². The first-order valence-electron chi connectivity index (χ1n) is 5.71. The van der Waals surface area contributed by atoms with Crippen LogP contribution >= 0.6 is 11.6 Å². The van der Waals surface area contributed by atoms with Gasteiger partial charge in [0.2, 0.25) is 5.28 Å². The molecule has 0 N–H and O–H groups in total. The van der Waals surface area contributed by atoms with E-state index in [4.69, 9.17) is 11.6 Å². The monoisotopic (exact) mass is 315 g/mol. The minimum absolute atomic E-state index is 0.0232. The highest BCUT2D eigenvalue weighted by Crippen LogP contribution is 2.25. The van der Waals surface area contributed by atoms with E-state index in [0.717, 1.165) is 16.7 Å². The number of halogens is 2. The van der Waals surface area contributed by atoms with E-state index >= 15 is 0 Å². The number of benzene rings is 1. The van der Waals surface area contributed by atoms with Gasteiger partial charge in [0, 0.05) is 6.54 Å². The molecule has 0 aliphatic carbocycles. The zero-order chi connectivity index (χ0) is 14.8. The summed E-state index contributed by atoms with van der Waals surface area (Å²) in [5.41, 5.74) is -0.0232. The molecule has 0 saturated carbocycles. The van der Waals surface area contributed by atoms with Gasteiger partial charge in [-0.15, -0.1) is 0 Å². The largest absolute Gasteiger partial charge is 0.267 e. The molecule has 106 valence electrons. The minimum Gasteiger partial charge on any atom is -0.264 e. The Morgan fingerprint density at radius 2 is 1.85 bits per heavy atom. The van der Waals surface area contributed by atoms with Gasteiger partial charge in [0.25, 0.3) is 10.0 Å². The molecule has 2 aromatic rings. The molecular weight excluding hydrogens is 305 g/mol. The molecule has 1 aromatic carbocycles. The number of sulfonamides is 1. The van der Waals surface area contributed by atoms with Crippen LogP contribution in [0.25, 0.3) is 0 Å². The Balaban J connectivity index is 2.51. The van der Waals surface area contributed by atoms with Crippen LogP contribution in [-0.4, -0.2) is 24.9 Å². The summed E-state index contributed by atoms with van der Waals surface area (Å²) in [4.78, 5) is 7.12. The van der Waals surface area contributed by atoms with Crippen molar-refractivity contribution in [3.8, 4) is 0 Å². The summed E-state index contributed by atoms with van der Waals surface area (Å²) < 4.78 is 39.7. The molecule has 1 heterocycles. The van der Waals surface area contributed by atoms with E-state index in [1.54, 1.807) is 13.0 Å². The fourth-order valence-electron chi connectivity index (χ4n) is 1.68. The van der Waals surface area contributed by atoms with Gasteiger partial charge < -0.3 is 0 Å². The summed E-state index contributed by atoms with van der Waals surface area (Å²) in [6.07, 6.45) is 2.18. The van der Waals surface area contributed by atoms with Gasteiger partial charge in [-0.1, -0.05) is 12.1 Å². The van der Waals surface area contributed by atoms with Crippen LogP contribution in [0.3, 0.4) is 0 Å². The molecule has 5 nitrogen and oxygen atoms in total. The smallest absolute Gasteiger partial charge is 0.264 e. The van der Waals surface area contributed by atoms with E-state index in [2.05, 4.69) is 9.97 Å². The van der Waals surface area contributed by atoms with Gasteiger partial charge in [0.15, 0.2) is 0 Å². The Bertz CT molecular complexity index is 707. The van der Waals surface area contributed by atoms with Gasteiger partial charge in [-0.25, -0.2) is 22.8 Å². The SMILES string of the molecule is CCN(c1ccccc1F)S(=O)(=O)c1cnc(Cl)nc1. The number of hydrogen-bond acceptors (Lipinski definition) is 4. The highest BCUT2D eigenvalue weighted by Gasteiger charge is 2.26. The molecule has 0 spiro atoms. The van der Waals surface area contributed by atoms with Crippen molar-refractivity contribution in [1.29, 1.82) is 0 Å². The van der Waals surface area contributed by atoms with E-state index in [0.29, 0.717) is 0 Å². The van der Waals surface area contributed by atoms with Crippen LogP contribution in [0.4, 0.5) is 10.1 Å². The fourth-order valence-corrected chi connectivity index (χ4v) is 3.16. The van der Waals surface area contributed by atoms with Crippen LogP contribution in [-0.2, 0) is 10.0 Å². The highest BCUT2D eigenvalue weighted by atomic mass is 35.5. The average Bonchev–Trinajstić information content (AvgIpc) is 2.42. The summed E-state index contributed by atoms with van der Waals surface area (Å²) in [7, 11) is -3.93. The second kappa shape index (κ2) is 5.72. The molecule has 0 amide bonds. The van der Waals surface area contributed by atoms with Gasteiger partial charge in [0.1, 0.15) is 10.7 Å². The third kappa shape index (κ3) is 2.73. The molecule has 8 heteroatoms. The molecule has 0 bridgehead atoms. The van der Waals surface area contributed by atoms with Crippen molar-refractivity contribution in [3.05, 3.63) is 47.8 Å². The predicted molar refractivity (Wildman–Crippen MR) is 73.6 cm³/mol. The lowest BCUT2D eigenvalue weighted by Gasteiger charge is -2.22. The van der Waals surface area contributed by atoms with E-state index < -0.39 is 15.8 Å². The number of aromatic nitrogens is 2. The first-order chi connectivity index (χ1) is 9.46. The number of rotatable bonds is 4. The van der Waals surface area contributed by atoms with Crippen LogP contribution < -0.4 is 4.31 Å². The number of anilines is 1. The average molecular weight is 316 g/mol. The van der Waals surface area contributed by atoms with Crippen molar-refractivity contribution < 1.29 is 12.8 Å². The Morgan fingerprint density at radius 3 is 2.40 bits per heavy atom. The lowest BCUT2D eigenvalue weighted by molar-refractivity contribution is 0.585. The van der Waals surface area contributed by atoms with Crippen molar-refractivity contribution in [3.63, 3.8) is 0 Å². The lowest BCUT2D eigenvalue weighted by Crippen LogP contribution is -2.31. The van der Waals surface area contributed by atoms with Crippen molar-refractivity contribution in [2.75, 3.05) is 10.8 Å². The van der Waals surface area contributed by atoms with Crippen molar-refractivity contribution in [2.45, 2.75) is 11.8 Å². The first-order valence-corrected chi connectivity index (χ1v) is 7.53. The second-order valence-electron chi connectivity index (χ2n) is 3.81. The summed E-state index contributed by atoms with van der Waals surface area (Å²) in [6, 6.07) is 5.65. The lowest BCUT2D eigenvalue weighted by atomic mass is 10.3. The van der Waals surface area contributed by atoms with Gasteiger partial charge in [0.05, 0.1) is 18.1 Å². The molecule has 0 radical (unpaired) electrons. The third-order valence-electron chi connectivity index (χ3n) is 2.59. The number of hydrogen-bond donors (Lipinski definition) is 0. The number of para-hydroxylation sites is 1. The molecule has 20 heavy (non-hydrogen) atoms. The number of nitrogens with zero attached hydrogens (tertiary/aromatic N) is 3. The standard InChI is InChI=1S/C12H11ClFN3O2S/c1-2-17(11-6-4-3-5-10(11)14)20(18,19)9-7-15-12(13)16-8-9/h3-8H,2H2,1H3. The summed E-state index contributed by atoms with van der Waals surface area (Å²) in [5, 5.41) is -0.0575. The van der Waals surface area contributed by atoms with E-state index in [9.17, 15) is 12.8 Å². The summed E-state index contributed by atoms with van der Waals surface area (Å²) in [6.45, 7) is 1.69. The quantitative estimate of drug-likeness (QED) is 0.813. The molecule has 0 aliphatic rings. The molecule has 0 atom stereocenters. The molecule has 0 unspecified atom stereocenters. The zero-order valence-electron chi connectivity index (χ0n) is 10.5. The maximum atomic E-state index is 13.8. The topological polar surface area (TPSA) is 63.2 Å². The molecule has 0 aliphatic heterocycles. The van der Waals surface area contributed by atoms with Crippen LogP contribution in [0.15, 0.2) is 41.6 Å². The summed E-state index contributed by atoms with van der Waals surface area (Å²) in [5.74, 6) is -0.618. The fraction of sp³-hybridized carbons (Fsp3) is 0.167. The Morgan fingerprint density at radius 1 is 1.25 bits per heavy atom. The van der Waals surface area contributed by atoms with Crippen molar-refractivity contribution >= 4 is 27.3 Å². The van der Waals surface area contributed by atoms with Crippen LogP contribution in [0.2, 0.25) is 5.28 Å². The highest BCUT2D eigenvalue weighted by molar-refractivity contribution is 7.92. The first kappa shape index (κ1) is 14.7. The minimum atomic E-state index is -3.93. The Hall–Kier alpha value is -1.73. The molecular formula is C12H11ClFN3O2S. The molecule has 1 aromatic heterocycles. The zero-order valence-corrected chi connectivity index (χ0v) is 12.1. The van der Waals surface area contributed by atoms with E-state index in [-0.39, 0.29) is 22.4 Å². The van der Waals surface area contributed by atoms with Crippen LogP contribution in [0.1, 0.15) is 6.92 Å². The van der Waals surface area contributed by atoms with Gasteiger partial charge in [-0.2, -0.15) is 0 Å².